The van der Waals surface area contributed by atoms with Crippen molar-refractivity contribution in [1.82, 2.24) is 34.9 Å². The highest BCUT2D eigenvalue weighted by molar-refractivity contribution is 5.92. The topological polar surface area (TPSA) is 130 Å². The van der Waals surface area contributed by atoms with Crippen molar-refractivity contribution in [3.05, 3.63) is 30.2 Å². The third-order valence-electron chi connectivity index (χ3n) is 4.57. The summed E-state index contributed by atoms with van der Waals surface area (Å²) in [6, 6.07) is 1.81. The van der Waals surface area contributed by atoms with Crippen LogP contribution in [0.4, 0.5) is 5.82 Å². The molecule has 1 fully saturated rings. The number of hydrogen-bond donors (Lipinski definition) is 3. The van der Waals surface area contributed by atoms with Crippen molar-refractivity contribution in [3.63, 3.8) is 0 Å². The van der Waals surface area contributed by atoms with Gasteiger partial charge in [0, 0.05) is 32.2 Å². The number of carbonyl (C=O) groups excluding carboxylic acids is 1. The Hall–Kier alpha value is -2.63. The van der Waals surface area contributed by atoms with Gasteiger partial charge in [-0.2, -0.15) is 0 Å². The summed E-state index contributed by atoms with van der Waals surface area (Å²) in [5, 5.41) is 24.1. The van der Waals surface area contributed by atoms with Crippen LogP contribution in [0.2, 0.25) is 0 Å². The smallest absolute Gasteiger partial charge is 0.270 e. The molecule has 0 aromatic carbocycles. The summed E-state index contributed by atoms with van der Waals surface area (Å²) in [5.74, 6) is 1.12. The van der Waals surface area contributed by atoms with Crippen molar-refractivity contribution in [2.45, 2.75) is 25.2 Å². The molecule has 2 aliphatic rings. The Labute approximate surface area is 155 Å². The zero-order valence-corrected chi connectivity index (χ0v) is 14.8. The number of rotatable bonds is 7. The van der Waals surface area contributed by atoms with Crippen LogP contribution in [0.25, 0.3) is 0 Å². The van der Waals surface area contributed by atoms with Gasteiger partial charge in [-0.1, -0.05) is 0 Å². The number of amides is 1. The minimum absolute atomic E-state index is 0.144. The van der Waals surface area contributed by atoms with Crippen LogP contribution in [0.1, 0.15) is 16.3 Å². The van der Waals surface area contributed by atoms with Crippen molar-refractivity contribution in [1.29, 1.82) is 0 Å². The Morgan fingerprint density at radius 2 is 2.26 bits per heavy atom. The number of nitrogens with zero attached hydrogens (tertiary/aromatic N) is 6. The fourth-order valence-corrected chi connectivity index (χ4v) is 3.02. The van der Waals surface area contributed by atoms with Gasteiger partial charge in [0.15, 0.2) is 0 Å². The number of β-amino-alcohol motifs (C(OH)–C–C–N with tert-alkyl or cyclic N) is 1. The maximum absolute atomic E-state index is 12.3. The lowest BCUT2D eigenvalue weighted by Crippen LogP contribution is -2.43. The number of hydrogen-bond acceptors (Lipinski definition) is 9. The summed E-state index contributed by atoms with van der Waals surface area (Å²) < 4.78 is 7.10. The van der Waals surface area contributed by atoms with Gasteiger partial charge in [0.05, 0.1) is 31.9 Å². The van der Waals surface area contributed by atoms with Crippen molar-refractivity contribution >= 4 is 11.7 Å². The second-order valence-electron chi connectivity index (χ2n) is 6.71. The molecule has 11 nitrogen and oxygen atoms in total. The maximum atomic E-state index is 12.3. The van der Waals surface area contributed by atoms with E-state index in [9.17, 15) is 9.90 Å². The zero-order chi connectivity index (χ0) is 18.6. The molecule has 144 valence electrons. The van der Waals surface area contributed by atoms with Gasteiger partial charge in [-0.05, 0) is 0 Å². The first-order chi connectivity index (χ1) is 13.2. The first kappa shape index (κ1) is 17.8. The molecule has 0 radical (unpaired) electrons. The summed E-state index contributed by atoms with van der Waals surface area (Å²) in [7, 11) is 0. The number of aromatic nitrogens is 5. The van der Waals surface area contributed by atoms with E-state index in [2.05, 4.69) is 35.7 Å². The Balaban J connectivity index is 1.24. The van der Waals surface area contributed by atoms with Crippen LogP contribution in [-0.4, -0.2) is 85.6 Å². The molecule has 1 atom stereocenters. The zero-order valence-electron chi connectivity index (χ0n) is 14.8. The molecule has 4 heterocycles. The molecular formula is C16H22N8O3. The summed E-state index contributed by atoms with van der Waals surface area (Å²) >= 11 is 0. The number of nitrogens with one attached hydrogen (secondary N) is 2. The number of fused-ring (bicyclic) bond motifs is 1. The van der Waals surface area contributed by atoms with E-state index in [-0.39, 0.29) is 24.2 Å². The van der Waals surface area contributed by atoms with Crippen molar-refractivity contribution in [2.24, 2.45) is 0 Å². The van der Waals surface area contributed by atoms with E-state index in [1.54, 1.807) is 12.4 Å². The second kappa shape index (κ2) is 7.94. The van der Waals surface area contributed by atoms with Gasteiger partial charge in [-0.25, -0.2) is 9.97 Å². The van der Waals surface area contributed by atoms with Gasteiger partial charge in [-0.3, -0.25) is 9.69 Å². The minimum Gasteiger partial charge on any atom is -0.390 e. The van der Waals surface area contributed by atoms with E-state index in [0.29, 0.717) is 32.1 Å². The van der Waals surface area contributed by atoms with E-state index in [1.165, 1.54) is 6.33 Å². The largest absolute Gasteiger partial charge is 0.390 e. The van der Waals surface area contributed by atoms with Crippen LogP contribution in [0, 0.1) is 0 Å². The number of carbonyl (C=O) groups is 1. The summed E-state index contributed by atoms with van der Waals surface area (Å²) in [6.07, 6.45) is 2.37. The standard InChI is InChI=1S/C16H22N8O3/c25-12(5-23-1-2-24-10-20-22-15(24)6-23)4-17-16(26)13-3-14(19-9-18-13)21-11-7-27-8-11/h3,9-12,25H,1-2,4-8H2,(H,17,26)(H,18,19,21)/t12-/m0/s1. The maximum Gasteiger partial charge on any atom is 0.270 e. The highest BCUT2D eigenvalue weighted by atomic mass is 16.5. The lowest BCUT2D eigenvalue weighted by atomic mass is 10.2. The molecule has 4 rings (SSSR count). The average Bonchev–Trinajstić information content (AvgIpc) is 3.11. The summed E-state index contributed by atoms with van der Waals surface area (Å²) in [5.41, 5.74) is 0.256. The van der Waals surface area contributed by atoms with Crippen LogP contribution in [0.15, 0.2) is 18.7 Å². The second-order valence-corrected chi connectivity index (χ2v) is 6.71. The molecule has 0 aliphatic carbocycles. The monoisotopic (exact) mass is 374 g/mol. The summed E-state index contributed by atoms with van der Waals surface area (Å²) in [6.45, 7) is 4.09. The molecule has 3 N–H and O–H groups in total. The average molecular weight is 374 g/mol. The number of ether oxygens (including phenoxy) is 1. The van der Waals surface area contributed by atoms with Crippen LogP contribution in [-0.2, 0) is 17.8 Å². The Kier molecular flexibility index (Phi) is 5.23. The minimum atomic E-state index is -0.685. The van der Waals surface area contributed by atoms with Gasteiger partial charge in [0.25, 0.3) is 5.91 Å². The van der Waals surface area contributed by atoms with Crippen molar-refractivity contribution < 1.29 is 14.6 Å². The van der Waals surface area contributed by atoms with Crippen LogP contribution >= 0.6 is 0 Å². The third-order valence-corrected chi connectivity index (χ3v) is 4.57. The van der Waals surface area contributed by atoms with Gasteiger partial charge in [0.1, 0.15) is 30.0 Å². The van der Waals surface area contributed by atoms with E-state index >= 15 is 0 Å². The highest BCUT2D eigenvalue weighted by Crippen LogP contribution is 2.11. The Morgan fingerprint density at radius 3 is 3.07 bits per heavy atom. The third kappa shape index (κ3) is 4.38. The molecule has 2 aliphatic heterocycles. The summed E-state index contributed by atoms with van der Waals surface area (Å²) in [4.78, 5) is 22.5. The van der Waals surface area contributed by atoms with E-state index in [0.717, 1.165) is 18.9 Å². The van der Waals surface area contributed by atoms with E-state index < -0.39 is 6.10 Å². The highest BCUT2D eigenvalue weighted by Gasteiger charge is 2.21. The first-order valence-electron chi connectivity index (χ1n) is 8.89. The lowest BCUT2D eigenvalue weighted by Gasteiger charge is -2.28. The molecule has 2 aromatic heterocycles. The van der Waals surface area contributed by atoms with Gasteiger partial charge < -0.3 is 25.0 Å². The van der Waals surface area contributed by atoms with Crippen LogP contribution in [0.5, 0.6) is 0 Å². The first-order valence-corrected chi connectivity index (χ1v) is 8.89. The van der Waals surface area contributed by atoms with Crippen LogP contribution in [0.3, 0.4) is 0 Å². The Morgan fingerprint density at radius 1 is 1.37 bits per heavy atom. The molecule has 27 heavy (non-hydrogen) atoms. The van der Waals surface area contributed by atoms with E-state index in [4.69, 9.17) is 4.74 Å². The molecule has 11 heteroatoms. The van der Waals surface area contributed by atoms with E-state index in [1.807, 2.05) is 4.57 Å². The fraction of sp³-hybridized carbons (Fsp3) is 0.562. The molecular weight excluding hydrogens is 352 g/mol. The number of aliphatic hydroxyl groups is 1. The number of anilines is 1. The van der Waals surface area contributed by atoms with Gasteiger partial charge in [-0.15, -0.1) is 10.2 Å². The van der Waals surface area contributed by atoms with Gasteiger partial charge in [0.2, 0.25) is 0 Å². The predicted molar refractivity (Wildman–Crippen MR) is 93.9 cm³/mol. The molecule has 2 aromatic rings. The van der Waals surface area contributed by atoms with Crippen LogP contribution < -0.4 is 10.6 Å². The molecule has 0 unspecified atom stereocenters. The van der Waals surface area contributed by atoms with Crippen molar-refractivity contribution in [2.75, 3.05) is 38.2 Å². The molecule has 1 amide bonds. The quantitative estimate of drug-likeness (QED) is 0.529. The fourth-order valence-electron chi connectivity index (χ4n) is 3.02. The predicted octanol–water partition coefficient (Wildman–Crippen LogP) is -1.51. The van der Waals surface area contributed by atoms with Crippen molar-refractivity contribution in [3.8, 4) is 0 Å². The van der Waals surface area contributed by atoms with Gasteiger partial charge >= 0.3 is 0 Å². The molecule has 0 bridgehead atoms. The number of aliphatic hydroxyl groups excluding tert-OH is 1. The lowest BCUT2D eigenvalue weighted by molar-refractivity contribution is 0.0209. The molecule has 0 saturated carbocycles. The normalized spacial score (nSPS) is 18.4. The Bertz CT molecular complexity index is 793. The molecule has 0 spiro atoms. The SMILES string of the molecule is O=C(NC[C@H](O)CN1CCn2cnnc2C1)c1cc(NC2COC2)ncn1. The molecule has 1 saturated heterocycles.